The van der Waals surface area contributed by atoms with E-state index >= 15 is 0 Å². The van der Waals surface area contributed by atoms with Gasteiger partial charge in [0, 0.05) is 7.11 Å². The second-order valence-electron chi connectivity index (χ2n) is 4.87. The molecular formula is C12H24N2O2. The maximum atomic E-state index is 12.1. The van der Waals surface area contributed by atoms with Crippen molar-refractivity contribution in [2.45, 2.75) is 45.7 Å². The Balaban J connectivity index is 2.54. The summed E-state index contributed by atoms with van der Waals surface area (Å²) in [5, 5.41) is 3.28. The molecule has 1 amide bonds. The van der Waals surface area contributed by atoms with E-state index in [9.17, 15) is 4.79 Å². The Kier molecular flexibility index (Phi) is 5.22. The summed E-state index contributed by atoms with van der Waals surface area (Å²) in [6.45, 7) is 7.66. The number of ether oxygens (including phenoxy) is 1. The van der Waals surface area contributed by atoms with Crippen LogP contribution in [0.5, 0.6) is 0 Å². The third kappa shape index (κ3) is 3.19. The number of rotatable bonds is 6. The molecule has 4 nitrogen and oxygen atoms in total. The molecule has 1 aliphatic rings. The van der Waals surface area contributed by atoms with Gasteiger partial charge in [0.2, 0.25) is 5.91 Å². The SMILES string of the molecule is CCC(COC)N1CNC(CC(C)C)C1=O. The first-order valence-electron chi connectivity index (χ1n) is 6.12. The molecule has 0 aliphatic carbocycles. The molecule has 0 bridgehead atoms. The van der Waals surface area contributed by atoms with Crippen LogP contribution >= 0.6 is 0 Å². The first-order valence-corrected chi connectivity index (χ1v) is 6.12. The molecule has 94 valence electrons. The van der Waals surface area contributed by atoms with Crippen molar-refractivity contribution >= 4 is 5.91 Å². The highest BCUT2D eigenvalue weighted by atomic mass is 16.5. The van der Waals surface area contributed by atoms with Crippen LogP contribution in [-0.4, -0.2) is 43.3 Å². The van der Waals surface area contributed by atoms with E-state index in [2.05, 4.69) is 26.1 Å². The summed E-state index contributed by atoms with van der Waals surface area (Å²) in [5.74, 6) is 0.779. The lowest BCUT2D eigenvalue weighted by atomic mass is 10.0. The molecule has 4 heteroatoms. The number of hydrogen-bond donors (Lipinski definition) is 1. The van der Waals surface area contributed by atoms with Crippen molar-refractivity contribution in [1.82, 2.24) is 10.2 Å². The molecule has 0 radical (unpaired) electrons. The molecule has 2 unspecified atom stereocenters. The average Bonchev–Trinajstić information content (AvgIpc) is 2.57. The predicted molar refractivity (Wildman–Crippen MR) is 64.0 cm³/mol. The Labute approximate surface area is 98.3 Å². The molecule has 1 rings (SSSR count). The van der Waals surface area contributed by atoms with E-state index < -0.39 is 0 Å². The summed E-state index contributed by atoms with van der Waals surface area (Å²) < 4.78 is 5.15. The lowest BCUT2D eigenvalue weighted by molar-refractivity contribution is -0.132. The third-order valence-electron chi connectivity index (χ3n) is 3.07. The first kappa shape index (κ1) is 13.5. The van der Waals surface area contributed by atoms with Gasteiger partial charge in [-0.2, -0.15) is 0 Å². The standard InChI is InChI=1S/C12H24N2O2/c1-5-10(7-16-4)14-8-13-11(12(14)15)6-9(2)3/h9-11,13H,5-8H2,1-4H3. The lowest BCUT2D eigenvalue weighted by Crippen LogP contribution is -2.41. The monoisotopic (exact) mass is 228 g/mol. The number of nitrogens with zero attached hydrogens (tertiary/aromatic N) is 1. The van der Waals surface area contributed by atoms with Gasteiger partial charge in [0.25, 0.3) is 0 Å². The van der Waals surface area contributed by atoms with E-state index in [-0.39, 0.29) is 18.0 Å². The maximum absolute atomic E-state index is 12.1. The molecule has 0 aromatic carbocycles. The van der Waals surface area contributed by atoms with Crippen LogP contribution in [0.3, 0.4) is 0 Å². The topological polar surface area (TPSA) is 41.6 Å². The van der Waals surface area contributed by atoms with Crippen molar-refractivity contribution in [2.75, 3.05) is 20.4 Å². The van der Waals surface area contributed by atoms with Crippen molar-refractivity contribution in [3.63, 3.8) is 0 Å². The van der Waals surface area contributed by atoms with Crippen molar-refractivity contribution < 1.29 is 9.53 Å². The third-order valence-corrected chi connectivity index (χ3v) is 3.07. The van der Waals surface area contributed by atoms with Gasteiger partial charge >= 0.3 is 0 Å². The normalized spacial score (nSPS) is 23.2. The van der Waals surface area contributed by atoms with Crippen LogP contribution in [0.2, 0.25) is 0 Å². The average molecular weight is 228 g/mol. The van der Waals surface area contributed by atoms with Crippen LogP contribution in [0, 0.1) is 5.92 Å². The summed E-state index contributed by atoms with van der Waals surface area (Å²) in [7, 11) is 1.68. The van der Waals surface area contributed by atoms with Crippen molar-refractivity contribution in [3.8, 4) is 0 Å². The van der Waals surface area contributed by atoms with E-state index in [1.807, 2.05) is 4.90 Å². The van der Waals surface area contributed by atoms with Gasteiger partial charge in [-0.25, -0.2) is 0 Å². The number of hydrogen-bond acceptors (Lipinski definition) is 3. The summed E-state index contributed by atoms with van der Waals surface area (Å²) >= 11 is 0. The summed E-state index contributed by atoms with van der Waals surface area (Å²) in [4.78, 5) is 14.0. The van der Waals surface area contributed by atoms with Gasteiger partial charge in [0.1, 0.15) is 0 Å². The fraction of sp³-hybridized carbons (Fsp3) is 0.917. The van der Waals surface area contributed by atoms with Crippen molar-refractivity contribution in [3.05, 3.63) is 0 Å². The molecule has 0 aromatic rings. The van der Waals surface area contributed by atoms with Crippen LogP contribution in [-0.2, 0) is 9.53 Å². The molecule has 0 aromatic heterocycles. The molecule has 1 aliphatic heterocycles. The number of carbonyl (C=O) groups is 1. The Hall–Kier alpha value is -0.610. The van der Waals surface area contributed by atoms with E-state index in [0.29, 0.717) is 19.2 Å². The van der Waals surface area contributed by atoms with Crippen molar-refractivity contribution in [2.24, 2.45) is 5.92 Å². The van der Waals surface area contributed by atoms with E-state index in [0.717, 1.165) is 12.8 Å². The zero-order valence-electron chi connectivity index (χ0n) is 10.8. The predicted octanol–water partition coefficient (Wildman–Crippen LogP) is 1.22. The Morgan fingerprint density at radius 1 is 1.56 bits per heavy atom. The number of methoxy groups -OCH3 is 1. The second-order valence-corrected chi connectivity index (χ2v) is 4.87. The summed E-state index contributed by atoms with van der Waals surface area (Å²) in [6, 6.07) is 0.216. The van der Waals surface area contributed by atoms with E-state index in [4.69, 9.17) is 4.74 Å². The maximum Gasteiger partial charge on any atom is 0.241 e. The minimum Gasteiger partial charge on any atom is -0.383 e. The van der Waals surface area contributed by atoms with Gasteiger partial charge in [0.05, 0.1) is 25.4 Å². The van der Waals surface area contributed by atoms with Crippen LogP contribution < -0.4 is 5.32 Å². The van der Waals surface area contributed by atoms with Crippen LogP contribution in [0.1, 0.15) is 33.6 Å². The molecule has 2 atom stereocenters. The second kappa shape index (κ2) is 6.21. The smallest absolute Gasteiger partial charge is 0.241 e. The quantitative estimate of drug-likeness (QED) is 0.743. The number of carbonyl (C=O) groups excluding carboxylic acids is 1. The lowest BCUT2D eigenvalue weighted by Gasteiger charge is -2.25. The zero-order valence-corrected chi connectivity index (χ0v) is 10.8. The molecule has 1 heterocycles. The van der Waals surface area contributed by atoms with Gasteiger partial charge in [-0.05, 0) is 18.8 Å². The number of nitrogens with one attached hydrogen (secondary N) is 1. The Morgan fingerprint density at radius 3 is 2.75 bits per heavy atom. The van der Waals surface area contributed by atoms with Gasteiger partial charge < -0.3 is 9.64 Å². The number of amides is 1. The molecule has 1 fully saturated rings. The fourth-order valence-electron chi connectivity index (χ4n) is 2.16. The van der Waals surface area contributed by atoms with Gasteiger partial charge in [0.15, 0.2) is 0 Å². The summed E-state index contributed by atoms with van der Waals surface area (Å²) in [6.07, 6.45) is 1.86. The Morgan fingerprint density at radius 2 is 2.25 bits per heavy atom. The molecular weight excluding hydrogens is 204 g/mol. The highest BCUT2D eigenvalue weighted by Crippen LogP contribution is 2.16. The highest BCUT2D eigenvalue weighted by molar-refractivity contribution is 5.84. The zero-order chi connectivity index (χ0) is 12.1. The molecule has 1 N–H and O–H groups in total. The Bertz CT molecular complexity index is 231. The van der Waals surface area contributed by atoms with Gasteiger partial charge in [-0.15, -0.1) is 0 Å². The van der Waals surface area contributed by atoms with Crippen LogP contribution in [0.15, 0.2) is 0 Å². The largest absolute Gasteiger partial charge is 0.383 e. The molecule has 0 saturated carbocycles. The van der Waals surface area contributed by atoms with Gasteiger partial charge in [-0.3, -0.25) is 10.1 Å². The first-order chi connectivity index (χ1) is 7.60. The minimum absolute atomic E-state index is 0.00547. The minimum atomic E-state index is 0.00547. The van der Waals surface area contributed by atoms with E-state index in [1.54, 1.807) is 7.11 Å². The van der Waals surface area contributed by atoms with Crippen molar-refractivity contribution in [1.29, 1.82) is 0 Å². The highest BCUT2D eigenvalue weighted by Gasteiger charge is 2.34. The van der Waals surface area contributed by atoms with E-state index in [1.165, 1.54) is 0 Å². The molecule has 0 spiro atoms. The molecule has 16 heavy (non-hydrogen) atoms. The summed E-state index contributed by atoms with van der Waals surface area (Å²) in [5.41, 5.74) is 0. The fourth-order valence-corrected chi connectivity index (χ4v) is 2.16. The van der Waals surface area contributed by atoms with Gasteiger partial charge in [-0.1, -0.05) is 20.8 Å². The van der Waals surface area contributed by atoms with Crippen LogP contribution in [0.4, 0.5) is 0 Å². The van der Waals surface area contributed by atoms with Crippen LogP contribution in [0.25, 0.3) is 0 Å². The molecule has 1 saturated heterocycles.